The topological polar surface area (TPSA) is 95.1 Å². The molecule has 0 aliphatic carbocycles. The van der Waals surface area contributed by atoms with Crippen LogP contribution in [0.3, 0.4) is 0 Å². The van der Waals surface area contributed by atoms with Gasteiger partial charge in [0, 0.05) is 30.1 Å². The maximum absolute atomic E-state index is 12.4. The number of rotatable bonds is 4. The molecule has 4 aromatic rings. The van der Waals surface area contributed by atoms with Crippen LogP contribution in [0.25, 0.3) is 11.3 Å². The molecule has 3 heterocycles. The van der Waals surface area contributed by atoms with E-state index in [-0.39, 0.29) is 0 Å². The number of ether oxygens (including phenoxy) is 1. The number of nitrogens with one attached hydrogen (secondary N) is 1. The summed E-state index contributed by atoms with van der Waals surface area (Å²) in [6.45, 7) is 2.70. The van der Waals surface area contributed by atoms with Gasteiger partial charge in [0.1, 0.15) is 22.8 Å². The van der Waals surface area contributed by atoms with Gasteiger partial charge in [-0.05, 0) is 43.2 Å². The van der Waals surface area contributed by atoms with Crippen molar-refractivity contribution in [3.8, 4) is 22.9 Å². The Hall–Kier alpha value is -4.13. The molecule has 2 aromatic carbocycles. The molecule has 5 rings (SSSR count). The van der Waals surface area contributed by atoms with Crippen molar-refractivity contribution >= 4 is 17.4 Å². The molecule has 1 aliphatic rings. The van der Waals surface area contributed by atoms with E-state index in [9.17, 15) is 4.79 Å². The minimum Gasteiger partial charge on any atom is -0.439 e. The molecule has 2 aromatic heterocycles. The fourth-order valence-electron chi connectivity index (χ4n) is 3.78. The van der Waals surface area contributed by atoms with E-state index < -0.39 is 5.91 Å². The third-order valence-electron chi connectivity index (χ3n) is 5.28. The van der Waals surface area contributed by atoms with Crippen LogP contribution >= 0.6 is 0 Å². The van der Waals surface area contributed by atoms with Crippen molar-refractivity contribution in [1.29, 1.82) is 0 Å². The second-order valence-electron chi connectivity index (χ2n) is 7.50. The van der Waals surface area contributed by atoms with Crippen LogP contribution in [0.15, 0.2) is 66.9 Å². The number of anilines is 2. The number of benzene rings is 2. The predicted molar refractivity (Wildman–Crippen MR) is 119 cm³/mol. The first-order valence-corrected chi connectivity index (χ1v) is 10.0. The highest BCUT2D eigenvalue weighted by atomic mass is 16.5. The van der Waals surface area contributed by atoms with Gasteiger partial charge in [0.05, 0.1) is 0 Å². The summed E-state index contributed by atoms with van der Waals surface area (Å²) in [4.78, 5) is 16.8. The van der Waals surface area contributed by atoms with Crippen molar-refractivity contribution in [1.82, 2.24) is 14.8 Å². The summed E-state index contributed by atoms with van der Waals surface area (Å²) < 4.78 is 7.56. The molecular weight excluding hydrogens is 390 g/mol. The molecule has 0 fully saturated rings. The Balaban J connectivity index is 1.50. The average molecular weight is 411 g/mol. The highest BCUT2D eigenvalue weighted by molar-refractivity contribution is 6.04. The van der Waals surface area contributed by atoms with Gasteiger partial charge in [0.15, 0.2) is 0 Å². The van der Waals surface area contributed by atoms with Crippen molar-refractivity contribution in [2.24, 2.45) is 5.73 Å². The molecule has 3 N–H and O–H groups in total. The summed E-state index contributed by atoms with van der Waals surface area (Å²) in [6, 6.07) is 19.2. The second-order valence-corrected chi connectivity index (χ2v) is 7.50. The normalized spacial score (nSPS) is 12.3. The van der Waals surface area contributed by atoms with Gasteiger partial charge in [-0.1, -0.05) is 35.9 Å². The molecule has 154 valence electrons. The lowest BCUT2D eigenvalue weighted by Gasteiger charge is -2.10. The first-order valence-electron chi connectivity index (χ1n) is 10.0. The number of carbonyl (C=O) groups excluding carboxylic acids is 1. The molecule has 0 bridgehead atoms. The summed E-state index contributed by atoms with van der Waals surface area (Å²) >= 11 is 0. The Kier molecular flexibility index (Phi) is 4.63. The Morgan fingerprint density at radius 2 is 1.97 bits per heavy atom. The van der Waals surface area contributed by atoms with Gasteiger partial charge in [0.25, 0.3) is 5.91 Å². The van der Waals surface area contributed by atoms with Gasteiger partial charge in [-0.15, -0.1) is 0 Å². The maximum atomic E-state index is 12.4. The number of amides is 1. The lowest BCUT2D eigenvalue weighted by Crippen LogP contribution is -2.14. The summed E-state index contributed by atoms with van der Waals surface area (Å²) in [7, 11) is 0. The van der Waals surface area contributed by atoms with Crippen LogP contribution in [0.5, 0.6) is 11.6 Å². The van der Waals surface area contributed by atoms with Crippen molar-refractivity contribution in [3.63, 3.8) is 0 Å². The fraction of sp³-hybridized carbons (Fsp3) is 0.125. The average Bonchev–Trinajstić information content (AvgIpc) is 3.04. The number of aromatic nitrogens is 3. The molecule has 1 amide bonds. The number of hydrogen-bond donors (Lipinski definition) is 2. The molecule has 31 heavy (non-hydrogen) atoms. The fourth-order valence-corrected chi connectivity index (χ4v) is 3.78. The van der Waals surface area contributed by atoms with Crippen LogP contribution < -0.4 is 15.8 Å². The summed E-state index contributed by atoms with van der Waals surface area (Å²) in [5.74, 6) is 1.23. The summed E-state index contributed by atoms with van der Waals surface area (Å²) in [5, 5.41) is 8.06. The van der Waals surface area contributed by atoms with Crippen molar-refractivity contribution in [3.05, 3.63) is 83.6 Å². The zero-order chi connectivity index (χ0) is 21.4. The van der Waals surface area contributed by atoms with Gasteiger partial charge in [-0.3, -0.25) is 4.79 Å². The standard InChI is InChI=1S/C24H21N5O2/c1-15-7-9-19-16(13-15)11-12-29-24(27-19)21(23(25)30)22(28-29)17-8-10-20(26-14-17)31-18-5-3-2-4-6-18/h2-10,13-14,27H,11-12H2,1H3,(H2,25,30). The number of pyridine rings is 1. The largest absolute Gasteiger partial charge is 0.439 e. The van der Waals surface area contributed by atoms with E-state index in [4.69, 9.17) is 15.6 Å². The highest BCUT2D eigenvalue weighted by Crippen LogP contribution is 2.34. The monoisotopic (exact) mass is 411 g/mol. The quantitative estimate of drug-likeness (QED) is 0.517. The zero-order valence-electron chi connectivity index (χ0n) is 17.0. The molecule has 0 saturated carbocycles. The highest BCUT2D eigenvalue weighted by Gasteiger charge is 2.26. The molecule has 0 saturated heterocycles. The van der Waals surface area contributed by atoms with E-state index >= 15 is 0 Å². The van der Waals surface area contributed by atoms with E-state index in [1.165, 1.54) is 11.1 Å². The number of nitrogens with zero attached hydrogens (tertiary/aromatic N) is 3. The van der Waals surface area contributed by atoms with Gasteiger partial charge in [-0.2, -0.15) is 5.10 Å². The number of nitrogens with two attached hydrogens (primary N) is 1. The number of carbonyl (C=O) groups is 1. The van der Waals surface area contributed by atoms with Gasteiger partial charge < -0.3 is 15.8 Å². The third-order valence-corrected chi connectivity index (χ3v) is 5.28. The number of fused-ring (bicyclic) bond motifs is 2. The molecule has 0 spiro atoms. The second kappa shape index (κ2) is 7.60. The Morgan fingerprint density at radius 1 is 1.13 bits per heavy atom. The number of para-hydroxylation sites is 1. The van der Waals surface area contributed by atoms with E-state index in [0.29, 0.717) is 40.8 Å². The summed E-state index contributed by atoms with van der Waals surface area (Å²) in [6.07, 6.45) is 2.45. The van der Waals surface area contributed by atoms with Gasteiger partial charge in [0.2, 0.25) is 5.88 Å². The van der Waals surface area contributed by atoms with Gasteiger partial charge >= 0.3 is 0 Å². The lowest BCUT2D eigenvalue weighted by atomic mass is 10.1. The Labute approximate surface area is 179 Å². The van der Waals surface area contributed by atoms with Crippen molar-refractivity contribution in [2.45, 2.75) is 19.9 Å². The molecule has 0 atom stereocenters. The lowest BCUT2D eigenvalue weighted by molar-refractivity contribution is 0.100. The van der Waals surface area contributed by atoms with E-state index in [0.717, 1.165) is 12.1 Å². The number of aryl methyl sites for hydroxylation is 3. The Morgan fingerprint density at radius 3 is 2.71 bits per heavy atom. The maximum Gasteiger partial charge on any atom is 0.254 e. The number of hydrogen-bond acceptors (Lipinski definition) is 5. The van der Waals surface area contributed by atoms with Crippen molar-refractivity contribution in [2.75, 3.05) is 5.32 Å². The van der Waals surface area contributed by atoms with Crippen molar-refractivity contribution < 1.29 is 9.53 Å². The Bertz CT molecular complexity index is 1260. The minimum absolute atomic E-state index is 0.354. The van der Waals surface area contributed by atoms with Gasteiger partial charge in [-0.25, -0.2) is 9.67 Å². The van der Waals surface area contributed by atoms with E-state index in [2.05, 4.69) is 23.3 Å². The SMILES string of the molecule is Cc1ccc2c(c1)CCn1nc(-c3ccc(Oc4ccccc4)nc3)c(C(N)=O)c1N2. The minimum atomic E-state index is -0.538. The van der Waals surface area contributed by atoms with E-state index in [1.807, 2.05) is 48.5 Å². The molecule has 7 heteroatoms. The molecule has 0 radical (unpaired) electrons. The summed E-state index contributed by atoms with van der Waals surface area (Å²) in [5.41, 5.74) is 10.7. The van der Waals surface area contributed by atoms with Crippen LogP contribution in [0.1, 0.15) is 21.5 Å². The molecule has 1 aliphatic heterocycles. The predicted octanol–water partition coefficient (Wildman–Crippen LogP) is 4.44. The third kappa shape index (κ3) is 3.61. The first kappa shape index (κ1) is 18.9. The molecule has 0 unspecified atom stereocenters. The molecular formula is C24H21N5O2. The smallest absolute Gasteiger partial charge is 0.254 e. The number of primary amides is 1. The zero-order valence-corrected chi connectivity index (χ0v) is 17.0. The van der Waals surface area contributed by atoms with Crippen LogP contribution in [0, 0.1) is 6.92 Å². The van der Waals surface area contributed by atoms with Crippen LogP contribution in [-0.2, 0) is 13.0 Å². The first-order chi connectivity index (χ1) is 15.1. The molecule has 7 nitrogen and oxygen atoms in total. The van der Waals surface area contributed by atoms with Crippen LogP contribution in [-0.4, -0.2) is 20.7 Å². The van der Waals surface area contributed by atoms with Crippen LogP contribution in [0.2, 0.25) is 0 Å². The van der Waals surface area contributed by atoms with E-state index in [1.54, 1.807) is 16.9 Å². The van der Waals surface area contributed by atoms with Crippen LogP contribution in [0.4, 0.5) is 11.5 Å².